The maximum absolute atomic E-state index is 12.4. The van der Waals surface area contributed by atoms with E-state index in [0.717, 1.165) is 50.8 Å². The van der Waals surface area contributed by atoms with Gasteiger partial charge in [0, 0.05) is 49.8 Å². The van der Waals surface area contributed by atoms with Crippen molar-refractivity contribution in [1.82, 2.24) is 14.9 Å². The third kappa shape index (κ3) is 3.51. The number of piperidine rings is 2. The highest BCUT2D eigenvalue weighted by molar-refractivity contribution is 5.77. The Balaban J connectivity index is 1.53. The Bertz CT molecular complexity index is 642. The topological polar surface area (TPSA) is 49.3 Å². The number of nitrogens with zero attached hydrogens (tertiary/aromatic N) is 4. The highest BCUT2D eigenvalue weighted by Crippen LogP contribution is 2.42. The minimum Gasteiger partial charge on any atom is -0.356 e. The molecule has 5 heteroatoms. The Hall–Kier alpha value is -1.65. The van der Waals surface area contributed by atoms with Crippen LogP contribution in [0.1, 0.15) is 63.9 Å². The van der Waals surface area contributed by atoms with E-state index < -0.39 is 0 Å². The molecule has 5 nitrogen and oxygen atoms in total. The summed E-state index contributed by atoms with van der Waals surface area (Å²) in [5.41, 5.74) is 1.49. The number of carbonyl (C=O) groups excluding carboxylic acids is 1. The largest absolute Gasteiger partial charge is 0.356 e. The molecule has 136 valence electrons. The first kappa shape index (κ1) is 16.8. The van der Waals surface area contributed by atoms with Crippen molar-refractivity contribution in [1.29, 1.82) is 0 Å². The highest BCUT2D eigenvalue weighted by Gasteiger charge is 2.43. The molecule has 1 amide bonds. The van der Waals surface area contributed by atoms with Gasteiger partial charge in [0.1, 0.15) is 12.1 Å². The second kappa shape index (κ2) is 6.58. The predicted octanol–water partition coefficient (Wildman–Crippen LogP) is 3.22. The summed E-state index contributed by atoms with van der Waals surface area (Å²) >= 11 is 0. The van der Waals surface area contributed by atoms with Crippen molar-refractivity contribution >= 4 is 11.7 Å². The zero-order chi connectivity index (χ0) is 17.4. The molecule has 3 heterocycles. The predicted molar refractivity (Wildman–Crippen MR) is 98.5 cm³/mol. The second-order valence-corrected chi connectivity index (χ2v) is 8.70. The van der Waals surface area contributed by atoms with Crippen molar-refractivity contribution in [3.63, 3.8) is 0 Å². The van der Waals surface area contributed by atoms with E-state index in [2.05, 4.69) is 33.6 Å². The monoisotopic (exact) mass is 342 g/mol. The summed E-state index contributed by atoms with van der Waals surface area (Å²) in [4.78, 5) is 25.9. The summed E-state index contributed by atoms with van der Waals surface area (Å²) in [5.74, 6) is 2.68. The summed E-state index contributed by atoms with van der Waals surface area (Å²) in [7, 11) is 0. The van der Waals surface area contributed by atoms with Crippen LogP contribution in [0.15, 0.2) is 12.5 Å². The van der Waals surface area contributed by atoms with Crippen LogP contribution in [0.5, 0.6) is 0 Å². The van der Waals surface area contributed by atoms with Crippen LogP contribution in [0.2, 0.25) is 0 Å². The molecule has 1 aromatic heterocycles. The fourth-order valence-electron chi connectivity index (χ4n) is 4.61. The van der Waals surface area contributed by atoms with Gasteiger partial charge in [0.15, 0.2) is 0 Å². The van der Waals surface area contributed by atoms with Crippen molar-refractivity contribution < 1.29 is 4.79 Å². The molecule has 0 aromatic carbocycles. The van der Waals surface area contributed by atoms with Gasteiger partial charge in [-0.25, -0.2) is 9.97 Å². The van der Waals surface area contributed by atoms with Crippen LogP contribution in [0.3, 0.4) is 0 Å². The van der Waals surface area contributed by atoms with Gasteiger partial charge in [-0.05, 0) is 43.9 Å². The van der Waals surface area contributed by atoms with E-state index in [1.54, 1.807) is 6.33 Å². The van der Waals surface area contributed by atoms with E-state index in [1.165, 1.54) is 31.2 Å². The second-order valence-electron chi connectivity index (χ2n) is 8.70. The molecule has 4 rings (SSSR count). The Morgan fingerprint density at radius 1 is 1.28 bits per heavy atom. The zero-order valence-corrected chi connectivity index (χ0v) is 15.6. The first-order valence-corrected chi connectivity index (χ1v) is 9.89. The van der Waals surface area contributed by atoms with Crippen molar-refractivity contribution in [3.8, 4) is 0 Å². The summed E-state index contributed by atoms with van der Waals surface area (Å²) in [6.07, 6.45) is 10.4. The van der Waals surface area contributed by atoms with Crippen molar-refractivity contribution in [2.45, 2.75) is 58.3 Å². The van der Waals surface area contributed by atoms with Gasteiger partial charge in [-0.3, -0.25) is 4.79 Å². The molecule has 3 aliphatic rings. The van der Waals surface area contributed by atoms with Crippen molar-refractivity contribution in [3.05, 3.63) is 18.1 Å². The molecule has 1 aromatic rings. The molecule has 2 saturated heterocycles. The van der Waals surface area contributed by atoms with E-state index in [4.69, 9.17) is 0 Å². The molecule has 1 saturated carbocycles. The minimum absolute atomic E-state index is 0.250. The Morgan fingerprint density at radius 3 is 2.88 bits per heavy atom. The zero-order valence-electron chi connectivity index (χ0n) is 15.6. The highest BCUT2D eigenvalue weighted by atomic mass is 16.2. The molecule has 3 fully saturated rings. The number of hydrogen-bond acceptors (Lipinski definition) is 4. The number of anilines is 1. The average molecular weight is 342 g/mol. The lowest BCUT2D eigenvalue weighted by molar-refractivity contribution is -0.138. The molecule has 1 spiro atoms. The third-order valence-electron chi connectivity index (χ3n) is 6.23. The lowest BCUT2D eigenvalue weighted by Crippen LogP contribution is -2.54. The third-order valence-corrected chi connectivity index (χ3v) is 6.23. The van der Waals surface area contributed by atoms with Crippen LogP contribution in [0.4, 0.5) is 5.82 Å². The van der Waals surface area contributed by atoms with Gasteiger partial charge in [0.05, 0.1) is 0 Å². The molecular formula is C20H30N4O. The SMILES string of the molecule is CC(C)c1cncnc1N1CCCC2(CCC(=O)N(CC3CC3)C2)C1. The molecule has 1 unspecified atom stereocenters. The lowest BCUT2D eigenvalue weighted by atomic mass is 9.73. The maximum atomic E-state index is 12.4. The fraction of sp³-hybridized carbons (Fsp3) is 0.750. The van der Waals surface area contributed by atoms with Crippen LogP contribution in [0, 0.1) is 11.3 Å². The van der Waals surface area contributed by atoms with Gasteiger partial charge in [-0.2, -0.15) is 0 Å². The van der Waals surface area contributed by atoms with Crippen molar-refractivity contribution in [2.24, 2.45) is 11.3 Å². The van der Waals surface area contributed by atoms with Crippen LogP contribution in [-0.4, -0.2) is 47.0 Å². The van der Waals surface area contributed by atoms with Crippen LogP contribution in [-0.2, 0) is 4.79 Å². The van der Waals surface area contributed by atoms with Gasteiger partial charge in [0.2, 0.25) is 5.91 Å². The standard InChI is InChI=1S/C20H30N4O/c1-15(2)17-10-21-14-22-19(17)23-9-3-7-20(12-23)8-6-18(25)24(13-20)11-16-4-5-16/h10,14-16H,3-9,11-13H2,1-2H3. The van der Waals surface area contributed by atoms with Crippen molar-refractivity contribution in [2.75, 3.05) is 31.1 Å². The summed E-state index contributed by atoms with van der Waals surface area (Å²) < 4.78 is 0. The molecule has 0 bridgehead atoms. The summed E-state index contributed by atoms with van der Waals surface area (Å²) in [5, 5.41) is 0. The quantitative estimate of drug-likeness (QED) is 0.843. The molecule has 1 aliphatic carbocycles. The van der Waals surface area contributed by atoms with E-state index >= 15 is 0 Å². The number of amides is 1. The molecule has 0 N–H and O–H groups in total. The Labute approximate surface area is 150 Å². The van der Waals surface area contributed by atoms with E-state index in [0.29, 0.717) is 11.8 Å². The number of aromatic nitrogens is 2. The Kier molecular flexibility index (Phi) is 4.42. The minimum atomic E-state index is 0.250. The molecule has 25 heavy (non-hydrogen) atoms. The first-order valence-electron chi connectivity index (χ1n) is 9.89. The Morgan fingerprint density at radius 2 is 2.12 bits per heavy atom. The summed E-state index contributed by atoms with van der Waals surface area (Å²) in [6.45, 7) is 8.44. The molecule has 2 aliphatic heterocycles. The van der Waals surface area contributed by atoms with E-state index in [-0.39, 0.29) is 5.41 Å². The number of hydrogen-bond donors (Lipinski definition) is 0. The van der Waals surface area contributed by atoms with Gasteiger partial charge in [-0.15, -0.1) is 0 Å². The maximum Gasteiger partial charge on any atom is 0.222 e. The summed E-state index contributed by atoms with van der Waals surface area (Å²) in [6, 6.07) is 0. The number of carbonyl (C=O) groups is 1. The van der Waals surface area contributed by atoms with Gasteiger partial charge >= 0.3 is 0 Å². The smallest absolute Gasteiger partial charge is 0.222 e. The van der Waals surface area contributed by atoms with E-state index in [9.17, 15) is 4.79 Å². The van der Waals surface area contributed by atoms with Crippen LogP contribution < -0.4 is 4.90 Å². The molecule has 0 radical (unpaired) electrons. The normalized spacial score (nSPS) is 27.4. The van der Waals surface area contributed by atoms with Gasteiger partial charge in [-0.1, -0.05) is 13.8 Å². The lowest BCUT2D eigenvalue weighted by Gasteiger charge is -2.49. The number of rotatable bonds is 4. The van der Waals surface area contributed by atoms with Gasteiger partial charge < -0.3 is 9.80 Å². The molecular weight excluding hydrogens is 312 g/mol. The van der Waals surface area contributed by atoms with Crippen LogP contribution >= 0.6 is 0 Å². The fourth-order valence-corrected chi connectivity index (χ4v) is 4.61. The van der Waals surface area contributed by atoms with Gasteiger partial charge in [0.25, 0.3) is 0 Å². The van der Waals surface area contributed by atoms with Crippen LogP contribution in [0.25, 0.3) is 0 Å². The van der Waals surface area contributed by atoms with E-state index in [1.807, 2.05) is 6.20 Å². The number of likely N-dealkylation sites (tertiary alicyclic amines) is 1. The molecule has 1 atom stereocenters. The first-order chi connectivity index (χ1) is 12.1. The average Bonchev–Trinajstić information content (AvgIpc) is 3.43.